The molecule has 0 radical (unpaired) electrons. The molecule has 13 heteroatoms. The summed E-state index contributed by atoms with van der Waals surface area (Å²) in [6.45, 7) is 4.19. The number of halogens is 1. The first-order valence-electron chi connectivity index (χ1n) is 14.7. The zero-order chi connectivity index (χ0) is 33.3. The van der Waals surface area contributed by atoms with Crippen LogP contribution in [0.25, 0.3) is 11.1 Å². The molecule has 0 aliphatic heterocycles. The number of nitrogens with one attached hydrogen (secondary N) is 1. The van der Waals surface area contributed by atoms with E-state index in [1.54, 1.807) is 32.2 Å². The van der Waals surface area contributed by atoms with Crippen LogP contribution in [0.2, 0.25) is 5.02 Å². The monoisotopic (exact) mass is 663 g/mol. The highest BCUT2D eigenvalue weighted by atomic mass is 35.5. The molecule has 45 heavy (non-hydrogen) atoms. The summed E-state index contributed by atoms with van der Waals surface area (Å²) in [6.07, 6.45) is -2.58. The molecule has 0 bridgehead atoms. The lowest BCUT2D eigenvalue weighted by Gasteiger charge is -2.30. The Labute approximate surface area is 269 Å². The van der Waals surface area contributed by atoms with Crippen molar-refractivity contribution in [1.29, 1.82) is 0 Å². The van der Waals surface area contributed by atoms with Crippen molar-refractivity contribution in [2.75, 3.05) is 19.7 Å². The highest BCUT2D eigenvalue weighted by molar-refractivity contribution is 7.89. The van der Waals surface area contributed by atoms with Crippen LogP contribution in [0.1, 0.15) is 49.4 Å². The third kappa shape index (κ3) is 9.08. The first-order chi connectivity index (χ1) is 21.3. The van der Waals surface area contributed by atoms with Crippen LogP contribution >= 0.6 is 11.6 Å². The van der Waals surface area contributed by atoms with Gasteiger partial charge in [0.1, 0.15) is 18.3 Å². The number of hydrogen-bond acceptors (Lipinski definition) is 9. The van der Waals surface area contributed by atoms with Crippen LogP contribution < -0.4 is 5.32 Å². The Balaban J connectivity index is 1.82. The normalized spacial score (nSPS) is 15.3. The van der Waals surface area contributed by atoms with Crippen LogP contribution in [0.15, 0.2) is 65.8 Å². The molecule has 0 saturated heterocycles. The number of aromatic nitrogens is 1. The first kappa shape index (κ1) is 36.5. The van der Waals surface area contributed by atoms with Gasteiger partial charge in [0, 0.05) is 43.0 Å². The SMILES string of the molecule is CCc1cnccc1-c1cccc([C@H](C)N(CCCC(=O)NC[C@@H](O)[C@H](O)[C@@H](O)[C@@H](O)CO)S(=O)(=O)c2cccc(Cl)c2C)c1. The largest absolute Gasteiger partial charge is 0.394 e. The van der Waals surface area contributed by atoms with Crippen molar-refractivity contribution in [1.82, 2.24) is 14.6 Å². The Bertz CT molecular complexity index is 1540. The maximum atomic E-state index is 14.1. The van der Waals surface area contributed by atoms with Crippen molar-refractivity contribution < 1.29 is 38.7 Å². The summed E-state index contributed by atoms with van der Waals surface area (Å²) in [5, 5.41) is 51.0. The molecular weight excluding hydrogens is 622 g/mol. The average Bonchev–Trinajstić information content (AvgIpc) is 3.05. The van der Waals surface area contributed by atoms with E-state index in [0.717, 1.165) is 28.7 Å². The molecule has 3 aromatic rings. The summed E-state index contributed by atoms with van der Waals surface area (Å²) in [5.74, 6) is -0.519. The van der Waals surface area contributed by atoms with Gasteiger partial charge in [0.2, 0.25) is 15.9 Å². The second-order valence-corrected chi connectivity index (χ2v) is 13.1. The van der Waals surface area contributed by atoms with E-state index in [0.29, 0.717) is 10.6 Å². The summed E-state index contributed by atoms with van der Waals surface area (Å²) in [4.78, 5) is 16.9. The van der Waals surface area contributed by atoms with E-state index in [4.69, 9.17) is 16.7 Å². The summed E-state index contributed by atoms with van der Waals surface area (Å²) in [7, 11) is -4.08. The molecule has 0 aliphatic carbocycles. The van der Waals surface area contributed by atoms with Gasteiger partial charge in [-0.2, -0.15) is 4.31 Å². The lowest BCUT2D eigenvalue weighted by atomic mass is 9.97. The van der Waals surface area contributed by atoms with Gasteiger partial charge in [0.25, 0.3) is 0 Å². The number of aliphatic hydroxyl groups excluding tert-OH is 5. The van der Waals surface area contributed by atoms with E-state index in [9.17, 15) is 33.6 Å². The number of sulfonamides is 1. The second-order valence-electron chi connectivity index (χ2n) is 10.9. The van der Waals surface area contributed by atoms with Gasteiger partial charge >= 0.3 is 0 Å². The van der Waals surface area contributed by atoms with Crippen LogP contribution in [0.3, 0.4) is 0 Å². The van der Waals surface area contributed by atoms with Crippen LogP contribution in [0.4, 0.5) is 0 Å². The van der Waals surface area contributed by atoms with Crippen molar-refractivity contribution in [2.45, 2.75) is 75.4 Å². The molecule has 3 rings (SSSR count). The van der Waals surface area contributed by atoms with Gasteiger partial charge < -0.3 is 30.8 Å². The van der Waals surface area contributed by atoms with Gasteiger partial charge in [0.15, 0.2) is 0 Å². The summed E-state index contributed by atoms with van der Waals surface area (Å²) < 4.78 is 29.6. The minimum Gasteiger partial charge on any atom is -0.394 e. The molecular formula is C32H42ClN3O8S. The molecule has 1 amide bonds. The number of carbonyl (C=O) groups excluding carboxylic acids is 1. The number of hydrogen-bond donors (Lipinski definition) is 6. The van der Waals surface area contributed by atoms with Gasteiger partial charge in [-0.15, -0.1) is 0 Å². The van der Waals surface area contributed by atoms with E-state index >= 15 is 0 Å². The topological polar surface area (TPSA) is 181 Å². The molecule has 1 heterocycles. The third-order valence-electron chi connectivity index (χ3n) is 7.82. The van der Waals surface area contributed by atoms with Crippen LogP contribution in [-0.2, 0) is 21.2 Å². The predicted molar refractivity (Wildman–Crippen MR) is 171 cm³/mol. The average molecular weight is 664 g/mol. The highest BCUT2D eigenvalue weighted by Gasteiger charge is 2.32. The van der Waals surface area contributed by atoms with Crippen molar-refractivity contribution in [3.05, 3.63) is 82.6 Å². The summed E-state index contributed by atoms with van der Waals surface area (Å²) >= 11 is 6.29. The smallest absolute Gasteiger partial charge is 0.243 e. The Morgan fingerprint density at radius 2 is 1.73 bits per heavy atom. The predicted octanol–water partition coefficient (Wildman–Crippen LogP) is 2.36. The van der Waals surface area contributed by atoms with Crippen molar-refractivity contribution in [2.24, 2.45) is 0 Å². The maximum absolute atomic E-state index is 14.1. The fraction of sp³-hybridized carbons (Fsp3) is 0.438. The number of aryl methyl sites for hydroxylation is 1. The number of pyridine rings is 1. The van der Waals surface area contributed by atoms with Crippen molar-refractivity contribution in [3.63, 3.8) is 0 Å². The number of aliphatic hydroxyl groups is 5. The molecule has 5 atom stereocenters. The van der Waals surface area contributed by atoms with Gasteiger partial charge in [-0.3, -0.25) is 9.78 Å². The molecule has 0 aliphatic rings. The van der Waals surface area contributed by atoms with Gasteiger partial charge in [-0.05, 0) is 78.8 Å². The Morgan fingerprint density at radius 3 is 2.42 bits per heavy atom. The van der Waals surface area contributed by atoms with Crippen LogP contribution in [-0.4, -0.2) is 93.3 Å². The summed E-state index contributed by atoms with van der Waals surface area (Å²) in [5.41, 5.74) is 4.15. The molecule has 2 aromatic carbocycles. The van der Waals surface area contributed by atoms with Gasteiger partial charge in [-0.1, -0.05) is 42.8 Å². The number of rotatable bonds is 16. The van der Waals surface area contributed by atoms with Crippen molar-refractivity contribution in [3.8, 4) is 11.1 Å². The number of nitrogens with zero attached hydrogens (tertiary/aromatic N) is 2. The lowest BCUT2D eigenvalue weighted by Crippen LogP contribution is -2.49. The van der Waals surface area contributed by atoms with E-state index in [2.05, 4.69) is 10.3 Å². The molecule has 0 spiro atoms. The van der Waals surface area contributed by atoms with Gasteiger partial charge in [-0.25, -0.2) is 8.42 Å². The van der Waals surface area contributed by atoms with Crippen molar-refractivity contribution >= 4 is 27.5 Å². The third-order valence-corrected chi connectivity index (χ3v) is 10.3. The second kappa shape index (κ2) is 16.6. The Morgan fingerprint density at radius 1 is 1.04 bits per heavy atom. The zero-order valence-electron chi connectivity index (χ0n) is 25.5. The molecule has 0 fully saturated rings. The molecule has 0 unspecified atom stereocenters. The minimum atomic E-state index is -4.08. The van der Waals surface area contributed by atoms with E-state index in [1.807, 2.05) is 43.5 Å². The zero-order valence-corrected chi connectivity index (χ0v) is 27.1. The molecule has 11 nitrogen and oxygen atoms in total. The lowest BCUT2D eigenvalue weighted by molar-refractivity contribution is -0.126. The molecule has 0 saturated carbocycles. The minimum absolute atomic E-state index is 0.0187. The van der Waals surface area contributed by atoms with E-state index in [-0.39, 0.29) is 24.3 Å². The first-order valence-corrected chi connectivity index (χ1v) is 16.5. The quantitative estimate of drug-likeness (QED) is 0.134. The standard InChI is InChI=1S/C32H42ClN3O8S/c1-4-22-17-34-14-13-25(22)24-9-5-8-23(16-24)21(3)36(45(43,44)29-11-6-10-26(33)20(29)2)15-7-12-30(40)35-18-27(38)31(41)32(42)28(39)19-37/h5-6,8-11,13-14,16-17,21,27-28,31-32,37-39,41-42H,4,7,12,15,18-19H2,1-3H3,(H,35,40)/t21-,27+,28-,31-,32-/m0/s1. The Kier molecular flexibility index (Phi) is 13.5. The number of benzene rings is 2. The summed E-state index contributed by atoms with van der Waals surface area (Å²) in [6, 6.07) is 13.6. The number of carbonyl (C=O) groups is 1. The molecule has 246 valence electrons. The van der Waals surface area contributed by atoms with E-state index < -0.39 is 59.5 Å². The highest BCUT2D eigenvalue weighted by Crippen LogP contribution is 2.33. The molecule has 1 aromatic heterocycles. The van der Waals surface area contributed by atoms with Gasteiger partial charge in [0.05, 0.1) is 17.6 Å². The van der Waals surface area contributed by atoms with E-state index in [1.165, 1.54) is 10.4 Å². The Hall–Kier alpha value is -2.94. The fourth-order valence-corrected chi connectivity index (χ4v) is 7.16. The molecule has 6 N–H and O–H groups in total. The fourth-order valence-electron chi connectivity index (χ4n) is 5.02. The number of amides is 1. The van der Waals surface area contributed by atoms with Crippen LogP contribution in [0.5, 0.6) is 0 Å². The maximum Gasteiger partial charge on any atom is 0.243 e. The van der Waals surface area contributed by atoms with Crippen LogP contribution in [0, 0.1) is 6.92 Å².